The van der Waals surface area contributed by atoms with E-state index in [9.17, 15) is 19.8 Å². The number of hydrogen-bond donors (Lipinski definition) is 4. The van der Waals surface area contributed by atoms with Gasteiger partial charge >= 0.3 is 0 Å². The number of rotatable bonds is 8. The average molecular weight is 580 g/mol. The molecule has 2 aromatic heterocycles. The Morgan fingerprint density at radius 1 is 0.875 bits per heavy atom. The number of anilines is 2. The van der Waals surface area contributed by atoms with Crippen molar-refractivity contribution in [3.8, 4) is 22.8 Å². The Morgan fingerprint density at radius 3 is 2.33 bits per heavy atom. The number of amides is 2. The van der Waals surface area contributed by atoms with Crippen LogP contribution in [0.25, 0.3) is 11.1 Å². The Kier molecular flexibility index (Phi) is 8.25. The van der Waals surface area contributed by atoms with Gasteiger partial charge in [-0.05, 0) is 67.9 Å². The van der Waals surface area contributed by atoms with Crippen molar-refractivity contribution in [2.45, 2.75) is 19.4 Å². The lowest BCUT2D eigenvalue weighted by Crippen LogP contribution is -2.23. The second-order valence-electron chi connectivity index (χ2n) is 9.49. The maximum Gasteiger partial charge on any atom is 0.259 e. The topological polar surface area (TPSA) is 120 Å². The first kappa shape index (κ1) is 27.5. The fraction of sp³-hybridized carbons (Fsp3) is 0.207. The van der Waals surface area contributed by atoms with Gasteiger partial charge in [-0.25, -0.2) is 4.98 Å². The normalized spacial score (nSPS) is 13.3. The molecular formula is C29H27Cl2N5O4. The van der Waals surface area contributed by atoms with E-state index in [0.29, 0.717) is 17.1 Å². The zero-order valence-corrected chi connectivity index (χ0v) is 22.9. The molecule has 2 aromatic carbocycles. The van der Waals surface area contributed by atoms with E-state index >= 15 is 0 Å². The molecule has 0 unspecified atom stereocenters. The molecule has 0 aliphatic carbocycles. The number of pyridine rings is 1. The van der Waals surface area contributed by atoms with Gasteiger partial charge < -0.3 is 30.3 Å². The summed E-state index contributed by atoms with van der Waals surface area (Å²) in [5, 5.41) is 27.0. The molecular weight excluding hydrogens is 553 g/mol. The number of nitrogens with one attached hydrogen (secondary N) is 2. The largest absolute Gasteiger partial charge is 0.506 e. The number of carbonyl (C=O) groups is 2. The smallest absolute Gasteiger partial charge is 0.259 e. The van der Waals surface area contributed by atoms with Crippen LogP contribution >= 0.6 is 23.2 Å². The van der Waals surface area contributed by atoms with Gasteiger partial charge in [0.2, 0.25) is 0 Å². The van der Waals surface area contributed by atoms with Gasteiger partial charge in [-0.15, -0.1) is 0 Å². The molecule has 5 rings (SSSR count). The molecule has 0 spiro atoms. The van der Waals surface area contributed by atoms with Crippen molar-refractivity contribution < 1.29 is 19.8 Å². The number of carbonyl (C=O) groups excluding carboxylic acids is 2. The molecule has 0 saturated carbocycles. The minimum atomic E-state index is -0.636. The lowest BCUT2D eigenvalue weighted by Gasteiger charge is -2.15. The summed E-state index contributed by atoms with van der Waals surface area (Å²) < 4.78 is 1.82. The highest BCUT2D eigenvalue weighted by Crippen LogP contribution is 2.34. The highest BCUT2D eigenvalue weighted by Gasteiger charge is 2.20. The zero-order chi connectivity index (χ0) is 28.2. The fourth-order valence-electron chi connectivity index (χ4n) is 4.65. The van der Waals surface area contributed by atoms with Gasteiger partial charge in [-0.2, -0.15) is 0 Å². The van der Waals surface area contributed by atoms with E-state index < -0.39 is 11.8 Å². The summed E-state index contributed by atoms with van der Waals surface area (Å²) in [6, 6.07) is 14.2. The van der Waals surface area contributed by atoms with Crippen LogP contribution in [0.5, 0.6) is 11.6 Å². The van der Waals surface area contributed by atoms with Gasteiger partial charge in [0.15, 0.2) is 5.88 Å². The third kappa shape index (κ3) is 6.22. The van der Waals surface area contributed by atoms with Gasteiger partial charge in [-0.3, -0.25) is 9.59 Å². The SMILES string of the molecule is O=C(Nc1c(O)cc(Cl)cc1C(=O)Nc1ccc(Cl)cn1)c1ccc(-c2ccn(CCN3CCCC3)c2O)cc1. The van der Waals surface area contributed by atoms with Crippen LogP contribution in [0, 0.1) is 0 Å². The Hall–Kier alpha value is -4.05. The minimum absolute atomic E-state index is 0.0492. The highest BCUT2D eigenvalue weighted by molar-refractivity contribution is 6.32. The van der Waals surface area contributed by atoms with E-state index in [0.717, 1.165) is 25.2 Å². The molecule has 40 heavy (non-hydrogen) atoms. The molecule has 2 amide bonds. The number of benzene rings is 2. The molecule has 206 valence electrons. The molecule has 4 aromatic rings. The molecule has 4 N–H and O–H groups in total. The third-order valence-corrected chi connectivity index (χ3v) is 7.22. The first-order valence-electron chi connectivity index (χ1n) is 12.8. The summed E-state index contributed by atoms with van der Waals surface area (Å²) in [5.41, 5.74) is 1.55. The maximum absolute atomic E-state index is 13.1. The first-order chi connectivity index (χ1) is 19.3. The average Bonchev–Trinajstić information content (AvgIpc) is 3.59. The molecule has 1 aliphatic rings. The van der Waals surface area contributed by atoms with Crippen molar-refractivity contribution in [2.75, 3.05) is 30.3 Å². The number of likely N-dealkylation sites (tertiary alicyclic amines) is 1. The third-order valence-electron chi connectivity index (χ3n) is 6.78. The summed E-state index contributed by atoms with van der Waals surface area (Å²) in [4.78, 5) is 32.5. The van der Waals surface area contributed by atoms with Crippen molar-refractivity contribution in [1.29, 1.82) is 0 Å². The van der Waals surface area contributed by atoms with Crippen molar-refractivity contribution in [2.24, 2.45) is 0 Å². The second-order valence-corrected chi connectivity index (χ2v) is 10.4. The minimum Gasteiger partial charge on any atom is -0.506 e. The molecule has 1 fully saturated rings. The van der Waals surface area contributed by atoms with Crippen LogP contribution < -0.4 is 10.6 Å². The van der Waals surface area contributed by atoms with E-state index in [1.54, 1.807) is 30.3 Å². The molecule has 0 bridgehead atoms. The summed E-state index contributed by atoms with van der Waals surface area (Å²) >= 11 is 11.9. The second kappa shape index (κ2) is 12.0. The number of aromatic hydroxyl groups is 2. The van der Waals surface area contributed by atoms with Crippen molar-refractivity contribution in [3.63, 3.8) is 0 Å². The van der Waals surface area contributed by atoms with E-state index in [2.05, 4.69) is 20.5 Å². The Labute approximate surface area is 241 Å². The van der Waals surface area contributed by atoms with Crippen molar-refractivity contribution >= 4 is 46.5 Å². The van der Waals surface area contributed by atoms with Crippen molar-refractivity contribution in [3.05, 3.63) is 88.2 Å². The number of nitrogens with zero attached hydrogens (tertiary/aromatic N) is 3. The molecule has 9 nitrogen and oxygen atoms in total. The zero-order valence-electron chi connectivity index (χ0n) is 21.4. The predicted octanol–water partition coefficient (Wildman–Crippen LogP) is 5.87. The van der Waals surface area contributed by atoms with Crippen LogP contribution in [0.4, 0.5) is 11.5 Å². The molecule has 11 heteroatoms. The Bertz CT molecular complexity index is 1530. The summed E-state index contributed by atoms with van der Waals surface area (Å²) in [6.45, 7) is 3.77. The fourth-order valence-corrected chi connectivity index (χ4v) is 4.97. The molecule has 3 heterocycles. The van der Waals surface area contributed by atoms with E-state index in [4.69, 9.17) is 23.2 Å². The number of phenolic OH excluding ortho intramolecular Hbond substituents is 1. The Morgan fingerprint density at radius 2 is 1.62 bits per heavy atom. The van der Waals surface area contributed by atoms with Crippen molar-refractivity contribution in [1.82, 2.24) is 14.5 Å². The van der Waals surface area contributed by atoms with Crippen LogP contribution in [-0.2, 0) is 6.54 Å². The number of phenols is 1. The lowest BCUT2D eigenvalue weighted by molar-refractivity contribution is 0.102. The van der Waals surface area contributed by atoms with E-state index in [-0.39, 0.29) is 39.3 Å². The van der Waals surface area contributed by atoms with E-state index in [1.807, 2.05) is 16.8 Å². The monoisotopic (exact) mass is 579 g/mol. The summed E-state index contributed by atoms with van der Waals surface area (Å²) in [5.74, 6) is -1.15. The lowest BCUT2D eigenvalue weighted by atomic mass is 10.1. The van der Waals surface area contributed by atoms with Crippen LogP contribution in [-0.4, -0.2) is 56.1 Å². The van der Waals surface area contributed by atoms with Crippen LogP contribution in [0.3, 0.4) is 0 Å². The first-order valence-corrected chi connectivity index (χ1v) is 13.5. The predicted molar refractivity (Wildman–Crippen MR) is 155 cm³/mol. The van der Waals surface area contributed by atoms with Gasteiger partial charge in [-0.1, -0.05) is 35.3 Å². The molecule has 1 saturated heterocycles. The van der Waals surface area contributed by atoms with Crippen LogP contribution in [0.15, 0.2) is 67.0 Å². The summed E-state index contributed by atoms with van der Waals surface area (Å²) in [6.07, 6.45) is 5.67. The molecule has 1 aliphatic heterocycles. The van der Waals surface area contributed by atoms with Gasteiger partial charge in [0, 0.05) is 47.7 Å². The van der Waals surface area contributed by atoms with Crippen LogP contribution in [0.2, 0.25) is 10.0 Å². The number of hydrogen-bond acceptors (Lipinski definition) is 6. The quantitative estimate of drug-likeness (QED) is 0.194. The van der Waals surface area contributed by atoms with E-state index in [1.165, 1.54) is 37.2 Å². The van der Waals surface area contributed by atoms with Gasteiger partial charge in [0.1, 0.15) is 11.6 Å². The Balaban J connectivity index is 1.30. The van der Waals surface area contributed by atoms with Gasteiger partial charge in [0.25, 0.3) is 11.8 Å². The van der Waals surface area contributed by atoms with Gasteiger partial charge in [0.05, 0.1) is 16.3 Å². The number of aromatic nitrogens is 2. The van der Waals surface area contributed by atoms with Crippen LogP contribution in [0.1, 0.15) is 33.6 Å². The maximum atomic E-state index is 13.1. The molecule has 0 atom stereocenters. The number of halogens is 2. The summed E-state index contributed by atoms with van der Waals surface area (Å²) in [7, 11) is 0. The highest BCUT2D eigenvalue weighted by atomic mass is 35.5. The molecule has 0 radical (unpaired) electrons. The standard InChI is InChI=1S/C29H27Cl2N5O4/c30-20-7-8-25(32-17-20)33-28(39)23-15-21(31)16-24(37)26(23)34-27(38)19-5-3-18(4-6-19)22-9-12-36(29(22)40)14-13-35-10-1-2-11-35/h3-9,12,15-17,37,40H,1-2,10-11,13-14H2,(H,34,38)(H,32,33,39).